The molecule has 0 bridgehead atoms. The van der Waals surface area contributed by atoms with Crippen LogP contribution in [0.15, 0.2) is 18.2 Å². The van der Waals surface area contributed by atoms with Crippen LogP contribution in [-0.4, -0.2) is 19.1 Å². The van der Waals surface area contributed by atoms with Crippen LogP contribution in [0.3, 0.4) is 0 Å². The van der Waals surface area contributed by atoms with Crippen LogP contribution in [-0.2, 0) is 6.54 Å². The number of nitrogens with one attached hydrogen (secondary N) is 1. The number of amides is 1. The number of nitrogens with two attached hydrogens (primary N) is 1. The third kappa shape index (κ3) is 1.56. The molecule has 1 aromatic rings. The van der Waals surface area contributed by atoms with Crippen molar-refractivity contribution in [1.29, 1.82) is 0 Å². The average molecular weight is 192 g/mol. The monoisotopic (exact) mass is 192 g/mol. The van der Waals surface area contributed by atoms with Gasteiger partial charge in [-0.05, 0) is 17.7 Å². The number of fused-ring (bicyclic) bond motifs is 1. The van der Waals surface area contributed by atoms with Crippen molar-refractivity contribution in [3.63, 3.8) is 0 Å². The zero-order valence-electron chi connectivity index (χ0n) is 7.75. The molecule has 0 aromatic heterocycles. The minimum atomic E-state index is -0.0900. The Kier molecular flexibility index (Phi) is 2.37. The highest BCUT2D eigenvalue weighted by molar-refractivity contribution is 5.97. The van der Waals surface area contributed by atoms with Crippen molar-refractivity contribution in [1.82, 2.24) is 5.32 Å². The molecule has 1 aliphatic heterocycles. The molecule has 14 heavy (non-hydrogen) atoms. The zero-order valence-corrected chi connectivity index (χ0v) is 7.75. The van der Waals surface area contributed by atoms with Crippen LogP contribution in [0.1, 0.15) is 15.9 Å². The van der Waals surface area contributed by atoms with E-state index in [-0.39, 0.29) is 5.91 Å². The van der Waals surface area contributed by atoms with Gasteiger partial charge < -0.3 is 15.8 Å². The molecule has 4 heteroatoms. The van der Waals surface area contributed by atoms with Gasteiger partial charge in [0.25, 0.3) is 5.91 Å². The van der Waals surface area contributed by atoms with Crippen LogP contribution in [0.5, 0.6) is 5.75 Å². The molecule has 3 N–H and O–H groups in total. The standard InChI is InChI=1S/C10H12N2O2/c11-6-7-1-2-9-8(5-7)10(13)12-3-4-14-9/h1-2,5H,3-4,6,11H2,(H,12,13). The molecule has 0 radical (unpaired) electrons. The Morgan fingerprint density at radius 3 is 3.14 bits per heavy atom. The van der Waals surface area contributed by atoms with Gasteiger partial charge in [-0.25, -0.2) is 0 Å². The summed E-state index contributed by atoms with van der Waals surface area (Å²) >= 11 is 0. The van der Waals surface area contributed by atoms with Crippen molar-refractivity contribution < 1.29 is 9.53 Å². The fraction of sp³-hybridized carbons (Fsp3) is 0.300. The largest absolute Gasteiger partial charge is 0.491 e. The summed E-state index contributed by atoms with van der Waals surface area (Å²) in [5.74, 6) is 0.546. The van der Waals surface area contributed by atoms with E-state index >= 15 is 0 Å². The maximum absolute atomic E-state index is 11.5. The van der Waals surface area contributed by atoms with E-state index in [0.717, 1.165) is 5.56 Å². The number of hydrogen-bond acceptors (Lipinski definition) is 3. The van der Waals surface area contributed by atoms with E-state index in [2.05, 4.69) is 5.32 Å². The van der Waals surface area contributed by atoms with Crippen LogP contribution < -0.4 is 15.8 Å². The summed E-state index contributed by atoms with van der Waals surface area (Å²) < 4.78 is 5.39. The van der Waals surface area contributed by atoms with E-state index in [1.54, 1.807) is 12.1 Å². The van der Waals surface area contributed by atoms with Crippen molar-refractivity contribution >= 4 is 5.91 Å². The van der Waals surface area contributed by atoms with E-state index in [9.17, 15) is 4.79 Å². The quantitative estimate of drug-likeness (QED) is 0.671. The van der Waals surface area contributed by atoms with E-state index in [1.165, 1.54) is 0 Å². The molecule has 1 heterocycles. The molecule has 2 rings (SSSR count). The van der Waals surface area contributed by atoms with Crippen molar-refractivity contribution in [2.75, 3.05) is 13.2 Å². The van der Waals surface area contributed by atoms with E-state index in [4.69, 9.17) is 10.5 Å². The topological polar surface area (TPSA) is 64.4 Å². The van der Waals surface area contributed by atoms with Gasteiger partial charge in [0.1, 0.15) is 12.4 Å². The lowest BCUT2D eigenvalue weighted by molar-refractivity contribution is 0.0957. The Labute approximate surface area is 82.1 Å². The molecular weight excluding hydrogens is 180 g/mol. The number of carbonyl (C=O) groups excluding carboxylic acids is 1. The molecule has 1 amide bonds. The first-order valence-corrected chi connectivity index (χ1v) is 4.55. The normalized spacial score (nSPS) is 15.1. The third-order valence-electron chi connectivity index (χ3n) is 2.17. The van der Waals surface area contributed by atoms with Crippen molar-refractivity contribution in [3.8, 4) is 5.75 Å². The maximum Gasteiger partial charge on any atom is 0.255 e. The first-order chi connectivity index (χ1) is 6.81. The smallest absolute Gasteiger partial charge is 0.255 e. The summed E-state index contributed by atoms with van der Waals surface area (Å²) in [5.41, 5.74) is 7.00. The fourth-order valence-corrected chi connectivity index (χ4v) is 1.43. The Balaban J connectivity index is 2.44. The summed E-state index contributed by atoms with van der Waals surface area (Å²) in [6, 6.07) is 5.44. The summed E-state index contributed by atoms with van der Waals surface area (Å²) in [7, 11) is 0. The van der Waals surface area contributed by atoms with Gasteiger partial charge in [0, 0.05) is 6.54 Å². The molecule has 0 fully saturated rings. The molecule has 0 spiro atoms. The summed E-state index contributed by atoms with van der Waals surface area (Å²) in [6.07, 6.45) is 0. The zero-order chi connectivity index (χ0) is 9.97. The van der Waals surface area contributed by atoms with Gasteiger partial charge in [-0.2, -0.15) is 0 Å². The van der Waals surface area contributed by atoms with Crippen LogP contribution in [0, 0.1) is 0 Å². The highest BCUT2D eigenvalue weighted by Crippen LogP contribution is 2.21. The SMILES string of the molecule is NCc1ccc2c(c1)C(=O)NCCO2. The predicted molar refractivity (Wildman–Crippen MR) is 52.2 cm³/mol. The van der Waals surface area contributed by atoms with Gasteiger partial charge in [-0.1, -0.05) is 6.07 Å². The minimum absolute atomic E-state index is 0.0900. The maximum atomic E-state index is 11.5. The lowest BCUT2D eigenvalue weighted by atomic mass is 10.1. The lowest BCUT2D eigenvalue weighted by Gasteiger charge is -2.06. The van der Waals surface area contributed by atoms with Crippen molar-refractivity contribution in [3.05, 3.63) is 29.3 Å². The fourth-order valence-electron chi connectivity index (χ4n) is 1.43. The van der Waals surface area contributed by atoms with Gasteiger partial charge in [-0.3, -0.25) is 4.79 Å². The van der Waals surface area contributed by atoms with Gasteiger partial charge in [-0.15, -0.1) is 0 Å². The van der Waals surface area contributed by atoms with Gasteiger partial charge in [0.15, 0.2) is 0 Å². The number of rotatable bonds is 1. The van der Waals surface area contributed by atoms with E-state index in [1.807, 2.05) is 6.07 Å². The van der Waals surface area contributed by atoms with Crippen LogP contribution in [0.25, 0.3) is 0 Å². The molecule has 0 unspecified atom stereocenters. The minimum Gasteiger partial charge on any atom is -0.491 e. The molecule has 0 saturated carbocycles. The second kappa shape index (κ2) is 3.67. The Morgan fingerprint density at radius 2 is 2.36 bits per heavy atom. The molecule has 0 saturated heterocycles. The highest BCUT2D eigenvalue weighted by atomic mass is 16.5. The number of carbonyl (C=O) groups is 1. The summed E-state index contributed by atoms with van der Waals surface area (Å²) in [6.45, 7) is 1.49. The lowest BCUT2D eigenvalue weighted by Crippen LogP contribution is -2.24. The molecule has 0 atom stereocenters. The van der Waals surface area contributed by atoms with Crippen molar-refractivity contribution in [2.24, 2.45) is 5.73 Å². The Hall–Kier alpha value is -1.55. The summed E-state index contributed by atoms with van der Waals surface area (Å²) in [5, 5.41) is 2.75. The molecule has 0 aliphatic carbocycles. The number of hydrogen-bond donors (Lipinski definition) is 2. The number of benzene rings is 1. The summed E-state index contributed by atoms with van der Waals surface area (Å²) in [4.78, 5) is 11.5. The van der Waals surface area contributed by atoms with Crippen LogP contribution >= 0.6 is 0 Å². The first-order valence-electron chi connectivity index (χ1n) is 4.55. The molecule has 74 valence electrons. The molecular formula is C10H12N2O2. The van der Waals surface area contributed by atoms with Gasteiger partial charge >= 0.3 is 0 Å². The number of ether oxygens (including phenoxy) is 1. The van der Waals surface area contributed by atoms with Crippen LogP contribution in [0.2, 0.25) is 0 Å². The highest BCUT2D eigenvalue weighted by Gasteiger charge is 2.15. The average Bonchev–Trinajstić information content (AvgIpc) is 2.40. The molecule has 4 nitrogen and oxygen atoms in total. The first kappa shape index (κ1) is 9.02. The van der Waals surface area contributed by atoms with E-state index in [0.29, 0.717) is 31.0 Å². The van der Waals surface area contributed by atoms with Crippen LogP contribution in [0.4, 0.5) is 0 Å². The second-order valence-electron chi connectivity index (χ2n) is 3.14. The third-order valence-corrected chi connectivity index (χ3v) is 2.17. The predicted octanol–water partition coefficient (Wildman–Crippen LogP) is 0.267. The van der Waals surface area contributed by atoms with Crippen molar-refractivity contribution in [2.45, 2.75) is 6.54 Å². The van der Waals surface area contributed by atoms with E-state index < -0.39 is 0 Å². The molecule has 1 aliphatic rings. The Morgan fingerprint density at radius 1 is 1.50 bits per heavy atom. The van der Waals surface area contributed by atoms with Gasteiger partial charge in [0.05, 0.1) is 12.1 Å². The molecule has 1 aromatic carbocycles. The Bertz CT molecular complexity index is 363. The van der Waals surface area contributed by atoms with Gasteiger partial charge in [0.2, 0.25) is 0 Å². The second-order valence-corrected chi connectivity index (χ2v) is 3.14.